The van der Waals surface area contributed by atoms with E-state index < -0.39 is 0 Å². The molecule has 1 fully saturated rings. The molecule has 1 saturated heterocycles. The zero-order valence-corrected chi connectivity index (χ0v) is 13.5. The predicted molar refractivity (Wildman–Crippen MR) is 83.5 cm³/mol. The van der Waals surface area contributed by atoms with E-state index in [-0.39, 0.29) is 0 Å². The molecule has 1 aliphatic carbocycles. The Morgan fingerprint density at radius 2 is 1.89 bits per heavy atom. The van der Waals surface area contributed by atoms with Gasteiger partial charge in [0.05, 0.1) is 0 Å². The van der Waals surface area contributed by atoms with Crippen LogP contribution in [0.25, 0.3) is 0 Å². The van der Waals surface area contributed by atoms with E-state index in [4.69, 9.17) is 0 Å². The van der Waals surface area contributed by atoms with E-state index in [2.05, 4.69) is 58.0 Å². The number of benzene rings is 1. The summed E-state index contributed by atoms with van der Waals surface area (Å²) in [4.78, 5) is 5.09. The van der Waals surface area contributed by atoms with Crippen LogP contribution in [0.1, 0.15) is 36.4 Å². The first-order chi connectivity index (χ1) is 9.15. The van der Waals surface area contributed by atoms with Crippen molar-refractivity contribution < 1.29 is 0 Å². The number of likely N-dealkylation sites (tertiary alicyclic amines) is 1. The van der Waals surface area contributed by atoms with Crippen LogP contribution < -0.4 is 0 Å². The first kappa shape index (κ1) is 13.6. The van der Waals surface area contributed by atoms with E-state index in [0.717, 1.165) is 6.04 Å². The van der Waals surface area contributed by atoms with E-state index in [1.807, 2.05) is 0 Å². The van der Waals surface area contributed by atoms with Gasteiger partial charge in [0.25, 0.3) is 0 Å². The average Bonchev–Trinajstić information content (AvgIpc) is 2.81. The van der Waals surface area contributed by atoms with Crippen molar-refractivity contribution in [3.63, 3.8) is 0 Å². The summed E-state index contributed by atoms with van der Waals surface area (Å²) in [6.07, 6.45) is 5.18. The number of fused-ring (bicyclic) bond motifs is 1. The molecule has 2 nitrogen and oxygen atoms in total. The van der Waals surface area contributed by atoms with Crippen LogP contribution in [0.15, 0.2) is 22.7 Å². The van der Waals surface area contributed by atoms with Gasteiger partial charge in [-0.3, -0.25) is 4.90 Å². The van der Waals surface area contributed by atoms with E-state index in [1.165, 1.54) is 43.2 Å². The maximum absolute atomic E-state index is 3.59. The standard InChI is InChI=1S/C16H23BrN2/c1-18(2)14-7-9-19(10-8-14)16-6-3-12-11-13(17)4-5-15(12)16/h4-5,11,14,16H,3,6-10H2,1-2H3. The second-order valence-corrected chi connectivity index (χ2v) is 7.04. The lowest BCUT2D eigenvalue weighted by Crippen LogP contribution is -2.43. The molecule has 104 valence electrons. The first-order valence-corrected chi connectivity index (χ1v) is 8.13. The number of halogens is 1. The van der Waals surface area contributed by atoms with E-state index in [1.54, 1.807) is 11.1 Å². The minimum Gasteiger partial charge on any atom is -0.306 e. The predicted octanol–water partition coefficient (Wildman–Crippen LogP) is 3.46. The van der Waals surface area contributed by atoms with Gasteiger partial charge in [0.15, 0.2) is 0 Å². The van der Waals surface area contributed by atoms with Crippen LogP contribution in [0.5, 0.6) is 0 Å². The third kappa shape index (κ3) is 2.74. The Hall–Kier alpha value is -0.380. The molecule has 3 heteroatoms. The van der Waals surface area contributed by atoms with Gasteiger partial charge in [-0.15, -0.1) is 0 Å². The Bertz CT molecular complexity index is 450. The quantitative estimate of drug-likeness (QED) is 0.822. The van der Waals surface area contributed by atoms with Gasteiger partial charge in [-0.2, -0.15) is 0 Å². The summed E-state index contributed by atoms with van der Waals surface area (Å²) in [7, 11) is 4.42. The minimum atomic E-state index is 0.672. The molecule has 1 aromatic carbocycles. The molecule has 0 saturated carbocycles. The van der Waals surface area contributed by atoms with Crippen LogP contribution in [0.3, 0.4) is 0 Å². The van der Waals surface area contributed by atoms with Gasteiger partial charge in [-0.1, -0.05) is 22.0 Å². The number of rotatable bonds is 2. The topological polar surface area (TPSA) is 6.48 Å². The van der Waals surface area contributed by atoms with Crippen molar-refractivity contribution in [1.82, 2.24) is 9.80 Å². The molecule has 0 N–H and O–H groups in total. The molecule has 2 aliphatic rings. The van der Waals surface area contributed by atoms with Crippen molar-refractivity contribution in [2.45, 2.75) is 37.8 Å². The summed E-state index contributed by atoms with van der Waals surface area (Å²) in [6, 6.07) is 8.29. The first-order valence-electron chi connectivity index (χ1n) is 7.34. The highest BCUT2D eigenvalue weighted by atomic mass is 79.9. The zero-order chi connectivity index (χ0) is 13.4. The molecular weight excluding hydrogens is 300 g/mol. The average molecular weight is 323 g/mol. The number of hydrogen-bond donors (Lipinski definition) is 0. The SMILES string of the molecule is CN(C)C1CCN(C2CCc3cc(Br)ccc32)CC1. The molecular formula is C16H23BrN2. The molecule has 1 heterocycles. The molecule has 1 aliphatic heterocycles. The van der Waals surface area contributed by atoms with Crippen LogP contribution in [0.4, 0.5) is 0 Å². The lowest BCUT2D eigenvalue weighted by Gasteiger charge is -2.38. The van der Waals surface area contributed by atoms with E-state index >= 15 is 0 Å². The fraction of sp³-hybridized carbons (Fsp3) is 0.625. The Balaban J connectivity index is 1.70. The molecule has 1 atom stereocenters. The molecule has 0 spiro atoms. The summed E-state index contributed by atoms with van der Waals surface area (Å²) < 4.78 is 1.22. The molecule has 0 amide bonds. The molecule has 0 bridgehead atoms. The monoisotopic (exact) mass is 322 g/mol. The molecule has 0 aromatic heterocycles. The van der Waals surface area contributed by atoms with E-state index in [9.17, 15) is 0 Å². The molecule has 1 unspecified atom stereocenters. The fourth-order valence-electron chi connectivity index (χ4n) is 3.66. The normalized spacial score (nSPS) is 24.9. The van der Waals surface area contributed by atoms with Gasteiger partial charge >= 0.3 is 0 Å². The second-order valence-electron chi connectivity index (χ2n) is 6.13. The van der Waals surface area contributed by atoms with Gasteiger partial charge in [-0.25, -0.2) is 0 Å². The lowest BCUT2D eigenvalue weighted by atomic mass is 10.00. The Morgan fingerprint density at radius 1 is 1.16 bits per heavy atom. The largest absolute Gasteiger partial charge is 0.306 e. The minimum absolute atomic E-state index is 0.672. The van der Waals surface area contributed by atoms with Gasteiger partial charge < -0.3 is 4.90 Å². The Labute approximate surface area is 124 Å². The van der Waals surface area contributed by atoms with Crippen LogP contribution in [0, 0.1) is 0 Å². The summed E-state index contributed by atoms with van der Waals surface area (Å²) in [5.41, 5.74) is 3.13. The van der Waals surface area contributed by atoms with Crippen molar-refractivity contribution in [2.24, 2.45) is 0 Å². The smallest absolute Gasteiger partial charge is 0.0354 e. The Morgan fingerprint density at radius 3 is 2.58 bits per heavy atom. The highest BCUT2D eigenvalue weighted by Gasteiger charge is 2.31. The van der Waals surface area contributed by atoms with Crippen molar-refractivity contribution in [3.8, 4) is 0 Å². The number of hydrogen-bond acceptors (Lipinski definition) is 2. The van der Waals surface area contributed by atoms with Crippen LogP contribution in [0.2, 0.25) is 0 Å². The van der Waals surface area contributed by atoms with Crippen molar-refractivity contribution in [2.75, 3.05) is 27.2 Å². The van der Waals surface area contributed by atoms with Gasteiger partial charge in [0.2, 0.25) is 0 Å². The highest BCUT2D eigenvalue weighted by molar-refractivity contribution is 9.10. The van der Waals surface area contributed by atoms with Crippen molar-refractivity contribution in [1.29, 1.82) is 0 Å². The van der Waals surface area contributed by atoms with Crippen LogP contribution in [-0.4, -0.2) is 43.0 Å². The summed E-state index contributed by atoms with van der Waals surface area (Å²) in [5.74, 6) is 0. The van der Waals surface area contributed by atoms with Gasteiger partial charge in [-0.05, 0) is 63.0 Å². The van der Waals surface area contributed by atoms with E-state index in [0.29, 0.717) is 6.04 Å². The number of aryl methyl sites for hydroxylation is 1. The fourth-order valence-corrected chi connectivity index (χ4v) is 4.07. The third-order valence-corrected chi connectivity index (χ3v) is 5.31. The molecule has 1 aromatic rings. The molecule has 19 heavy (non-hydrogen) atoms. The second kappa shape index (κ2) is 5.55. The number of piperidine rings is 1. The van der Waals surface area contributed by atoms with Crippen molar-refractivity contribution in [3.05, 3.63) is 33.8 Å². The third-order valence-electron chi connectivity index (χ3n) is 4.82. The van der Waals surface area contributed by atoms with Gasteiger partial charge in [0.1, 0.15) is 0 Å². The maximum atomic E-state index is 3.59. The summed E-state index contributed by atoms with van der Waals surface area (Å²) >= 11 is 3.59. The summed E-state index contributed by atoms with van der Waals surface area (Å²) in [5, 5.41) is 0. The van der Waals surface area contributed by atoms with Crippen LogP contribution >= 0.6 is 15.9 Å². The zero-order valence-electron chi connectivity index (χ0n) is 11.9. The number of nitrogens with zero attached hydrogens (tertiary/aromatic N) is 2. The maximum Gasteiger partial charge on any atom is 0.0354 e. The van der Waals surface area contributed by atoms with Crippen LogP contribution in [-0.2, 0) is 6.42 Å². The molecule has 0 radical (unpaired) electrons. The summed E-state index contributed by atoms with van der Waals surface area (Å²) in [6.45, 7) is 2.51. The lowest BCUT2D eigenvalue weighted by molar-refractivity contribution is 0.108. The Kier molecular flexibility index (Phi) is 3.97. The van der Waals surface area contributed by atoms with Crippen molar-refractivity contribution >= 4 is 15.9 Å². The highest BCUT2D eigenvalue weighted by Crippen LogP contribution is 2.38. The molecule has 3 rings (SSSR count). The van der Waals surface area contributed by atoms with Gasteiger partial charge in [0, 0.05) is 29.6 Å².